The predicted octanol–water partition coefficient (Wildman–Crippen LogP) is 2.25. The van der Waals surface area contributed by atoms with Gasteiger partial charge in [-0.3, -0.25) is 4.90 Å². The summed E-state index contributed by atoms with van der Waals surface area (Å²) in [6.07, 6.45) is 7.02. The number of hydrogen-bond donors (Lipinski definition) is 1. The number of piperidine rings is 1. The first-order chi connectivity index (χ1) is 7.36. The van der Waals surface area contributed by atoms with E-state index in [1.54, 1.807) is 0 Å². The third-order valence-corrected chi connectivity index (χ3v) is 4.41. The van der Waals surface area contributed by atoms with E-state index in [9.17, 15) is 0 Å². The lowest BCUT2D eigenvalue weighted by atomic mass is 9.87. The number of likely N-dealkylation sites (N-methyl/N-ethyl adjacent to an activating group) is 1. The van der Waals surface area contributed by atoms with Crippen LogP contribution in [-0.4, -0.2) is 36.6 Å². The van der Waals surface area contributed by atoms with Crippen molar-refractivity contribution in [2.24, 2.45) is 5.92 Å². The smallest absolute Gasteiger partial charge is 0.0252 e. The molecule has 0 aromatic heterocycles. The first-order valence-corrected chi connectivity index (χ1v) is 6.84. The SMILES string of the molecule is CCC1CCNC1C1CCCCN1CC. The van der Waals surface area contributed by atoms with Crippen molar-refractivity contribution in [3.63, 3.8) is 0 Å². The molecule has 88 valence electrons. The predicted molar refractivity (Wildman–Crippen MR) is 65.1 cm³/mol. The minimum Gasteiger partial charge on any atom is -0.312 e. The molecule has 2 aliphatic rings. The average Bonchev–Trinajstić information content (AvgIpc) is 2.76. The molecular formula is C13H26N2. The first-order valence-electron chi connectivity index (χ1n) is 6.84. The van der Waals surface area contributed by atoms with Crippen LogP contribution >= 0.6 is 0 Å². The van der Waals surface area contributed by atoms with Crippen LogP contribution in [0.15, 0.2) is 0 Å². The molecule has 15 heavy (non-hydrogen) atoms. The summed E-state index contributed by atoms with van der Waals surface area (Å²) in [7, 11) is 0. The van der Waals surface area contributed by atoms with Crippen LogP contribution in [0.4, 0.5) is 0 Å². The molecule has 2 rings (SSSR count). The van der Waals surface area contributed by atoms with E-state index in [2.05, 4.69) is 24.1 Å². The number of hydrogen-bond acceptors (Lipinski definition) is 2. The van der Waals surface area contributed by atoms with E-state index in [0.717, 1.165) is 18.0 Å². The lowest BCUT2D eigenvalue weighted by molar-refractivity contribution is 0.110. The maximum atomic E-state index is 3.75. The summed E-state index contributed by atoms with van der Waals surface area (Å²) in [5.41, 5.74) is 0. The van der Waals surface area contributed by atoms with Gasteiger partial charge in [0.15, 0.2) is 0 Å². The molecule has 1 N–H and O–H groups in total. The summed E-state index contributed by atoms with van der Waals surface area (Å²) >= 11 is 0. The van der Waals surface area contributed by atoms with Crippen LogP contribution in [0, 0.1) is 5.92 Å². The van der Waals surface area contributed by atoms with Crippen molar-refractivity contribution in [3.05, 3.63) is 0 Å². The van der Waals surface area contributed by atoms with E-state index >= 15 is 0 Å². The molecule has 0 radical (unpaired) electrons. The summed E-state index contributed by atoms with van der Waals surface area (Å²) in [6.45, 7) is 8.48. The molecule has 3 unspecified atom stereocenters. The summed E-state index contributed by atoms with van der Waals surface area (Å²) in [5.74, 6) is 0.933. The largest absolute Gasteiger partial charge is 0.312 e. The summed E-state index contributed by atoms with van der Waals surface area (Å²) in [5, 5.41) is 3.75. The Morgan fingerprint density at radius 2 is 2.07 bits per heavy atom. The monoisotopic (exact) mass is 210 g/mol. The minimum absolute atomic E-state index is 0.787. The highest BCUT2D eigenvalue weighted by Crippen LogP contribution is 2.29. The Labute approximate surface area is 94.4 Å². The van der Waals surface area contributed by atoms with Crippen molar-refractivity contribution in [2.45, 2.75) is 58.0 Å². The zero-order chi connectivity index (χ0) is 10.7. The molecule has 0 aromatic carbocycles. The van der Waals surface area contributed by atoms with Crippen LogP contribution in [0.25, 0.3) is 0 Å². The Bertz CT molecular complexity index is 193. The lowest BCUT2D eigenvalue weighted by Crippen LogP contribution is -2.52. The molecule has 2 aliphatic heterocycles. The molecule has 2 heterocycles. The number of rotatable bonds is 3. The van der Waals surface area contributed by atoms with Crippen LogP contribution < -0.4 is 5.32 Å². The fourth-order valence-electron chi connectivity index (χ4n) is 3.51. The van der Waals surface area contributed by atoms with Gasteiger partial charge >= 0.3 is 0 Å². The van der Waals surface area contributed by atoms with E-state index < -0.39 is 0 Å². The van der Waals surface area contributed by atoms with Gasteiger partial charge in [-0.25, -0.2) is 0 Å². The second-order valence-electron chi connectivity index (χ2n) is 5.13. The lowest BCUT2D eigenvalue weighted by Gasteiger charge is -2.40. The topological polar surface area (TPSA) is 15.3 Å². The van der Waals surface area contributed by atoms with Crippen molar-refractivity contribution < 1.29 is 0 Å². The molecule has 0 aliphatic carbocycles. The van der Waals surface area contributed by atoms with Gasteiger partial charge in [-0.1, -0.05) is 26.7 Å². The standard InChI is InChI=1S/C13H26N2/c1-3-11-8-9-14-13(11)12-7-5-6-10-15(12)4-2/h11-14H,3-10H2,1-2H3. The molecule has 2 fully saturated rings. The van der Waals surface area contributed by atoms with Gasteiger partial charge in [0.2, 0.25) is 0 Å². The number of nitrogens with zero attached hydrogens (tertiary/aromatic N) is 1. The van der Waals surface area contributed by atoms with E-state index in [1.807, 2.05) is 0 Å². The molecule has 0 saturated carbocycles. The van der Waals surface area contributed by atoms with Crippen LogP contribution in [0.3, 0.4) is 0 Å². The van der Waals surface area contributed by atoms with E-state index in [1.165, 1.54) is 51.7 Å². The van der Waals surface area contributed by atoms with Crippen molar-refractivity contribution in [1.82, 2.24) is 10.2 Å². The van der Waals surface area contributed by atoms with Gasteiger partial charge in [-0.05, 0) is 44.8 Å². The Balaban J connectivity index is 1.99. The summed E-state index contributed by atoms with van der Waals surface area (Å²) < 4.78 is 0. The third-order valence-electron chi connectivity index (χ3n) is 4.41. The molecule has 2 heteroatoms. The zero-order valence-electron chi connectivity index (χ0n) is 10.3. The second kappa shape index (κ2) is 5.31. The molecule has 0 spiro atoms. The van der Waals surface area contributed by atoms with E-state index in [0.29, 0.717) is 0 Å². The van der Waals surface area contributed by atoms with Crippen molar-refractivity contribution in [1.29, 1.82) is 0 Å². The highest BCUT2D eigenvalue weighted by molar-refractivity contribution is 4.94. The molecular weight excluding hydrogens is 184 g/mol. The Hall–Kier alpha value is -0.0800. The van der Waals surface area contributed by atoms with Crippen molar-refractivity contribution >= 4 is 0 Å². The van der Waals surface area contributed by atoms with Crippen molar-refractivity contribution in [2.75, 3.05) is 19.6 Å². The molecule has 0 aromatic rings. The molecule has 0 amide bonds. The van der Waals surface area contributed by atoms with E-state index in [4.69, 9.17) is 0 Å². The fourth-order valence-corrected chi connectivity index (χ4v) is 3.51. The van der Waals surface area contributed by atoms with Crippen molar-refractivity contribution in [3.8, 4) is 0 Å². The maximum absolute atomic E-state index is 3.75. The minimum atomic E-state index is 0.787. The average molecular weight is 210 g/mol. The highest BCUT2D eigenvalue weighted by Gasteiger charge is 2.35. The summed E-state index contributed by atoms with van der Waals surface area (Å²) in [4.78, 5) is 2.70. The van der Waals surface area contributed by atoms with Crippen LogP contribution in [0.1, 0.15) is 46.0 Å². The molecule has 2 nitrogen and oxygen atoms in total. The molecule has 0 bridgehead atoms. The van der Waals surface area contributed by atoms with Crippen LogP contribution in [0.5, 0.6) is 0 Å². The number of likely N-dealkylation sites (tertiary alicyclic amines) is 1. The van der Waals surface area contributed by atoms with Gasteiger partial charge in [0, 0.05) is 12.1 Å². The Kier molecular flexibility index (Phi) is 4.04. The van der Waals surface area contributed by atoms with E-state index in [-0.39, 0.29) is 0 Å². The molecule has 2 saturated heterocycles. The highest BCUT2D eigenvalue weighted by atomic mass is 15.2. The fraction of sp³-hybridized carbons (Fsp3) is 1.00. The molecule has 3 atom stereocenters. The summed E-state index contributed by atoms with van der Waals surface area (Å²) in [6, 6.07) is 1.62. The maximum Gasteiger partial charge on any atom is 0.0252 e. The number of nitrogens with one attached hydrogen (secondary N) is 1. The van der Waals surface area contributed by atoms with Gasteiger partial charge in [-0.15, -0.1) is 0 Å². The van der Waals surface area contributed by atoms with Crippen LogP contribution in [-0.2, 0) is 0 Å². The quantitative estimate of drug-likeness (QED) is 0.768. The third kappa shape index (κ3) is 2.36. The first kappa shape index (κ1) is 11.4. The van der Waals surface area contributed by atoms with Gasteiger partial charge in [-0.2, -0.15) is 0 Å². The van der Waals surface area contributed by atoms with Gasteiger partial charge in [0.1, 0.15) is 0 Å². The van der Waals surface area contributed by atoms with Gasteiger partial charge in [0.05, 0.1) is 0 Å². The second-order valence-corrected chi connectivity index (χ2v) is 5.13. The normalized spacial score (nSPS) is 38.4. The van der Waals surface area contributed by atoms with Gasteiger partial charge < -0.3 is 5.32 Å². The Morgan fingerprint density at radius 3 is 2.80 bits per heavy atom. The Morgan fingerprint density at radius 1 is 1.20 bits per heavy atom. The van der Waals surface area contributed by atoms with Gasteiger partial charge in [0.25, 0.3) is 0 Å². The van der Waals surface area contributed by atoms with Crippen LogP contribution in [0.2, 0.25) is 0 Å². The zero-order valence-corrected chi connectivity index (χ0v) is 10.3.